The van der Waals surface area contributed by atoms with E-state index in [1.165, 1.54) is 22.9 Å². The number of fused-ring (bicyclic) bond motifs is 1. The van der Waals surface area contributed by atoms with E-state index in [4.69, 9.17) is 11.6 Å². The molecule has 1 aromatic carbocycles. The first-order valence-electron chi connectivity index (χ1n) is 7.34. The largest absolute Gasteiger partial charge is 0.264 e. The molecule has 0 N–H and O–H groups in total. The smallest absolute Gasteiger partial charge is 0.163 e. The summed E-state index contributed by atoms with van der Waals surface area (Å²) in [5.41, 5.74) is 3.89. The number of pyridine rings is 2. The molecule has 0 aliphatic rings. The minimum atomic E-state index is -0.408. The summed E-state index contributed by atoms with van der Waals surface area (Å²) in [7, 11) is 0. The fourth-order valence-electron chi connectivity index (χ4n) is 2.73. The van der Waals surface area contributed by atoms with E-state index >= 15 is 0 Å². The Morgan fingerprint density at radius 3 is 2.75 bits per heavy atom. The quantitative estimate of drug-likeness (QED) is 0.537. The number of aryl methyl sites for hydroxylation is 1. The molecular weight excluding hydrogens is 327 g/mol. The van der Waals surface area contributed by atoms with Gasteiger partial charge in [0.25, 0.3) is 0 Å². The summed E-state index contributed by atoms with van der Waals surface area (Å²) in [5, 5.41) is 5.58. The zero-order valence-corrected chi connectivity index (χ0v) is 13.5. The second kappa shape index (κ2) is 5.69. The van der Waals surface area contributed by atoms with Crippen molar-refractivity contribution < 1.29 is 4.39 Å². The van der Waals surface area contributed by atoms with Crippen molar-refractivity contribution >= 4 is 22.6 Å². The average Bonchev–Trinajstić information content (AvgIpc) is 3.01. The van der Waals surface area contributed by atoms with Crippen molar-refractivity contribution in [2.75, 3.05) is 0 Å². The summed E-state index contributed by atoms with van der Waals surface area (Å²) < 4.78 is 15.7. The SMILES string of the molecule is Cc1ccncc1-c1ccnc2c1cnn2-c1cc(Cl)ccc1F. The van der Waals surface area contributed by atoms with E-state index in [1.54, 1.807) is 24.8 Å². The molecule has 24 heavy (non-hydrogen) atoms. The van der Waals surface area contributed by atoms with Gasteiger partial charge in [0.05, 0.1) is 6.20 Å². The normalized spacial score (nSPS) is 11.1. The zero-order valence-electron chi connectivity index (χ0n) is 12.7. The first-order chi connectivity index (χ1) is 11.6. The molecule has 0 fully saturated rings. The number of hydrogen-bond donors (Lipinski definition) is 0. The third-order valence-electron chi connectivity index (χ3n) is 3.94. The molecule has 6 heteroatoms. The molecule has 0 saturated carbocycles. The molecule has 118 valence electrons. The highest BCUT2D eigenvalue weighted by molar-refractivity contribution is 6.30. The molecule has 4 rings (SSSR count). The van der Waals surface area contributed by atoms with Gasteiger partial charge in [-0.2, -0.15) is 5.10 Å². The van der Waals surface area contributed by atoms with Gasteiger partial charge in [-0.1, -0.05) is 11.6 Å². The second-order valence-corrected chi connectivity index (χ2v) is 5.87. The Bertz CT molecular complexity index is 1060. The van der Waals surface area contributed by atoms with Gasteiger partial charge in [0.2, 0.25) is 0 Å². The number of aromatic nitrogens is 4. The number of hydrogen-bond acceptors (Lipinski definition) is 3. The lowest BCUT2D eigenvalue weighted by Gasteiger charge is -2.08. The standard InChI is InChI=1S/C18H12ClFN4/c1-11-4-6-21-9-14(11)13-5-7-22-18-15(13)10-23-24(18)17-8-12(19)2-3-16(17)20/h2-10H,1H3. The van der Waals surface area contributed by atoms with E-state index in [0.29, 0.717) is 10.7 Å². The van der Waals surface area contributed by atoms with Gasteiger partial charge in [0.15, 0.2) is 5.65 Å². The summed E-state index contributed by atoms with van der Waals surface area (Å²) in [4.78, 5) is 8.57. The molecule has 0 aliphatic carbocycles. The summed E-state index contributed by atoms with van der Waals surface area (Å²) >= 11 is 6.00. The van der Waals surface area contributed by atoms with Crippen molar-refractivity contribution in [3.05, 3.63) is 71.5 Å². The van der Waals surface area contributed by atoms with Crippen LogP contribution in [0.25, 0.3) is 27.8 Å². The molecule has 0 atom stereocenters. The molecule has 0 radical (unpaired) electrons. The lowest BCUT2D eigenvalue weighted by atomic mass is 10.0. The fraction of sp³-hybridized carbons (Fsp3) is 0.0556. The van der Waals surface area contributed by atoms with Crippen LogP contribution in [0, 0.1) is 12.7 Å². The molecule has 4 aromatic rings. The van der Waals surface area contributed by atoms with Crippen LogP contribution in [-0.4, -0.2) is 19.7 Å². The van der Waals surface area contributed by atoms with Crippen molar-refractivity contribution in [2.24, 2.45) is 0 Å². The van der Waals surface area contributed by atoms with Gasteiger partial charge in [0.1, 0.15) is 11.5 Å². The Balaban J connectivity index is 1.98. The molecule has 3 heterocycles. The lowest BCUT2D eigenvalue weighted by Crippen LogP contribution is -2.00. The number of halogens is 2. The summed E-state index contributed by atoms with van der Waals surface area (Å²) in [6.45, 7) is 2.02. The van der Waals surface area contributed by atoms with Crippen molar-refractivity contribution in [1.29, 1.82) is 0 Å². The molecule has 3 aromatic heterocycles. The molecule has 0 aliphatic heterocycles. The predicted octanol–water partition coefficient (Wildman–Crippen LogP) is 4.58. The molecule has 0 saturated heterocycles. The Morgan fingerprint density at radius 2 is 1.92 bits per heavy atom. The average molecular weight is 339 g/mol. The van der Waals surface area contributed by atoms with E-state index in [1.807, 2.05) is 19.1 Å². The van der Waals surface area contributed by atoms with E-state index in [0.717, 1.165) is 22.1 Å². The van der Waals surface area contributed by atoms with Gasteiger partial charge in [-0.05, 0) is 48.4 Å². The van der Waals surface area contributed by atoms with Crippen LogP contribution < -0.4 is 0 Å². The molecule has 0 bridgehead atoms. The van der Waals surface area contributed by atoms with Gasteiger partial charge in [-0.25, -0.2) is 14.1 Å². The van der Waals surface area contributed by atoms with Crippen molar-refractivity contribution in [2.45, 2.75) is 6.92 Å². The highest BCUT2D eigenvalue weighted by Gasteiger charge is 2.15. The maximum Gasteiger partial charge on any atom is 0.163 e. The van der Waals surface area contributed by atoms with Crippen LogP contribution in [0.5, 0.6) is 0 Å². The van der Waals surface area contributed by atoms with Gasteiger partial charge in [-0.3, -0.25) is 4.98 Å². The number of rotatable bonds is 2. The number of benzene rings is 1. The van der Waals surface area contributed by atoms with Crippen molar-refractivity contribution in [1.82, 2.24) is 19.7 Å². The highest BCUT2D eigenvalue weighted by atomic mass is 35.5. The lowest BCUT2D eigenvalue weighted by molar-refractivity contribution is 0.612. The minimum absolute atomic E-state index is 0.269. The van der Waals surface area contributed by atoms with Crippen molar-refractivity contribution in [3.63, 3.8) is 0 Å². The topological polar surface area (TPSA) is 43.6 Å². The molecule has 0 unspecified atom stereocenters. The van der Waals surface area contributed by atoms with Gasteiger partial charge in [-0.15, -0.1) is 0 Å². The summed E-state index contributed by atoms with van der Waals surface area (Å²) in [6, 6.07) is 8.21. The zero-order chi connectivity index (χ0) is 16.7. The fourth-order valence-corrected chi connectivity index (χ4v) is 2.90. The van der Waals surface area contributed by atoms with Gasteiger partial charge in [0, 0.05) is 34.6 Å². The van der Waals surface area contributed by atoms with Gasteiger partial charge < -0.3 is 0 Å². The van der Waals surface area contributed by atoms with Gasteiger partial charge >= 0.3 is 0 Å². The Labute approximate surface area is 142 Å². The molecular formula is C18H12ClFN4. The van der Waals surface area contributed by atoms with Crippen LogP contribution in [0.1, 0.15) is 5.56 Å². The minimum Gasteiger partial charge on any atom is -0.264 e. The van der Waals surface area contributed by atoms with E-state index in [9.17, 15) is 4.39 Å². The van der Waals surface area contributed by atoms with Crippen LogP contribution in [0.2, 0.25) is 5.02 Å². The monoisotopic (exact) mass is 338 g/mol. The number of nitrogens with zero attached hydrogens (tertiary/aromatic N) is 4. The summed E-state index contributed by atoms with van der Waals surface area (Å²) in [6.07, 6.45) is 6.93. The first kappa shape index (κ1) is 14.8. The molecule has 4 nitrogen and oxygen atoms in total. The third-order valence-corrected chi connectivity index (χ3v) is 4.17. The maximum atomic E-state index is 14.2. The second-order valence-electron chi connectivity index (χ2n) is 5.44. The predicted molar refractivity (Wildman–Crippen MR) is 91.8 cm³/mol. The maximum absolute atomic E-state index is 14.2. The van der Waals surface area contributed by atoms with Crippen LogP contribution >= 0.6 is 11.6 Å². The van der Waals surface area contributed by atoms with Crippen LogP contribution in [0.4, 0.5) is 4.39 Å². The van der Waals surface area contributed by atoms with Crippen LogP contribution in [-0.2, 0) is 0 Å². The Hall–Kier alpha value is -2.79. The Kier molecular flexibility index (Phi) is 3.50. The van der Waals surface area contributed by atoms with Crippen LogP contribution in [0.15, 0.2) is 55.1 Å². The Morgan fingerprint density at radius 1 is 1.04 bits per heavy atom. The van der Waals surface area contributed by atoms with E-state index in [2.05, 4.69) is 15.1 Å². The van der Waals surface area contributed by atoms with Crippen LogP contribution in [0.3, 0.4) is 0 Å². The first-order valence-corrected chi connectivity index (χ1v) is 7.72. The van der Waals surface area contributed by atoms with E-state index < -0.39 is 5.82 Å². The third kappa shape index (κ3) is 2.34. The highest BCUT2D eigenvalue weighted by Crippen LogP contribution is 2.30. The van der Waals surface area contributed by atoms with E-state index in [-0.39, 0.29) is 5.69 Å². The molecule has 0 amide bonds. The molecule has 0 spiro atoms. The summed E-state index contributed by atoms with van der Waals surface area (Å²) in [5.74, 6) is -0.408. The van der Waals surface area contributed by atoms with Crippen molar-refractivity contribution in [3.8, 4) is 16.8 Å².